The van der Waals surface area contributed by atoms with Crippen LogP contribution >= 0.6 is 11.8 Å². The summed E-state index contributed by atoms with van der Waals surface area (Å²) in [6, 6.07) is 12.7. The van der Waals surface area contributed by atoms with Crippen molar-refractivity contribution in [2.75, 3.05) is 6.26 Å². The Morgan fingerprint density at radius 2 is 1.81 bits per heavy atom. The van der Waals surface area contributed by atoms with Gasteiger partial charge in [0.05, 0.1) is 0 Å². The number of nitrogens with zero attached hydrogens (tertiary/aromatic N) is 2. The van der Waals surface area contributed by atoms with Crippen molar-refractivity contribution in [3.8, 4) is 12.1 Å². The van der Waals surface area contributed by atoms with Gasteiger partial charge in [0.2, 0.25) is 0 Å². The molecule has 136 valence electrons. The van der Waals surface area contributed by atoms with Gasteiger partial charge in [-0.3, -0.25) is 0 Å². The van der Waals surface area contributed by atoms with Gasteiger partial charge in [-0.05, 0) is 71.3 Å². The molecule has 0 heterocycles. The zero-order valence-corrected chi connectivity index (χ0v) is 16.9. The van der Waals surface area contributed by atoms with E-state index in [2.05, 4.69) is 80.8 Å². The van der Waals surface area contributed by atoms with Crippen LogP contribution in [0.4, 0.5) is 0 Å². The van der Waals surface area contributed by atoms with Gasteiger partial charge in [0.1, 0.15) is 17.7 Å². The lowest BCUT2D eigenvalue weighted by Gasteiger charge is -2.41. The van der Waals surface area contributed by atoms with E-state index in [1.54, 1.807) is 11.8 Å². The molecule has 0 saturated heterocycles. The highest BCUT2D eigenvalue weighted by atomic mass is 32.2. The summed E-state index contributed by atoms with van der Waals surface area (Å²) in [6.45, 7) is 4.50. The van der Waals surface area contributed by atoms with Gasteiger partial charge in [-0.15, -0.1) is 11.8 Å². The van der Waals surface area contributed by atoms with Crippen LogP contribution in [0.5, 0.6) is 0 Å². The van der Waals surface area contributed by atoms with Crippen LogP contribution in [0.25, 0.3) is 6.08 Å². The van der Waals surface area contributed by atoms with Gasteiger partial charge in [0.25, 0.3) is 0 Å². The van der Waals surface area contributed by atoms with E-state index in [1.165, 1.54) is 21.6 Å². The summed E-state index contributed by atoms with van der Waals surface area (Å²) in [5, 5.41) is 18.5. The van der Waals surface area contributed by atoms with Gasteiger partial charge in [-0.2, -0.15) is 10.5 Å². The van der Waals surface area contributed by atoms with Crippen LogP contribution in [0.2, 0.25) is 0 Å². The van der Waals surface area contributed by atoms with Gasteiger partial charge in [0, 0.05) is 4.90 Å². The Morgan fingerprint density at radius 3 is 2.44 bits per heavy atom. The van der Waals surface area contributed by atoms with Gasteiger partial charge >= 0.3 is 0 Å². The molecule has 1 unspecified atom stereocenters. The summed E-state index contributed by atoms with van der Waals surface area (Å²) in [5.41, 5.74) is 4.96. The van der Waals surface area contributed by atoms with Crippen LogP contribution < -0.4 is 0 Å². The van der Waals surface area contributed by atoms with Crippen molar-refractivity contribution in [1.82, 2.24) is 0 Å². The number of fused-ring (bicyclic) bond motifs is 1. The maximum absolute atomic E-state index is 9.26. The molecule has 2 nitrogen and oxygen atoms in total. The predicted octanol–water partition coefficient (Wildman–Crippen LogP) is 6.46. The zero-order valence-electron chi connectivity index (χ0n) is 16.1. The fraction of sp³-hybridized carbons (Fsp3) is 0.333. The number of hydrogen-bond acceptors (Lipinski definition) is 3. The van der Waals surface area contributed by atoms with Crippen molar-refractivity contribution in [2.45, 2.75) is 38.0 Å². The molecule has 27 heavy (non-hydrogen) atoms. The van der Waals surface area contributed by atoms with Crippen molar-refractivity contribution >= 4 is 17.8 Å². The largest absolute Gasteiger partial charge is 0.192 e. The summed E-state index contributed by atoms with van der Waals surface area (Å²) in [6.07, 6.45) is 13.8. The van der Waals surface area contributed by atoms with Crippen LogP contribution in [0.1, 0.15) is 38.7 Å². The zero-order chi connectivity index (χ0) is 19.4. The van der Waals surface area contributed by atoms with Gasteiger partial charge in [0.15, 0.2) is 0 Å². The number of nitriles is 2. The fourth-order valence-corrected chi connectivity index (χ4v) is 4.50. The van der Waals surface area contributed by atoms with Crippen LogP contribution in [0.3, 0.4) is 0 Å². The SMILES string of the molecule is CSc1ccc(C=CC2=CC3=CC(=C(C#N)C#N)CC(C)(C)C3CC2)cc1. The van der Waals surface area contributed by atoms with E-state index in [0.29, 0.717) is 5.92 Å². The topological polar surface area (TPSA) is 47.6 Å². The number of allylic oxidation sites excluding steroid dienone is 7. The molecule has 0 aromatic heterocycles. The second-order valence-corrected chi connectivity index (χ2v) is 8.73. The lowest BCUT2D eigenvalue weighted by molar-refractivity contribution is 0.225. The Kier molecular flexibility index (Phi) is 5.73. The highest BCUT2D eigenvalue weighted by Crippen LogP contribution is 2.49. The number of thioether (sulfide) groups is 1. The summed E-state index contributed by atoms with van der Waals surface area (Å²) < 4.78 is 0. The van der Waals surface area contributed by atoms with Crippen LogP contribution in [-0.2, 0) is 0 Å². The van der Waals surface area contributed by atoms with E-state index < -0.39 is 0 Å². The lowest BCUT2D eigenvalue weighted by Crippen LogP contribution is -2.31. The van der Waals surface area contributed by atoms with Crippen molar-refractivity contribution in [3.63, 3.8) is 0 Å². The smallest absolute Gasteiger partial charge is 0.132 e. The molecule has 0 fully saturated rings. The number of benzene rings is 1. The second kappa shape index (κ2) is 8.03. The standard InChI is InChI=1S/C24H24N2S/c1-24(2)14-20(21(15-25)16-26)13-19-12-18(8-11-23(19)24)5-4-17-6-9-22(27-3)10-7-17/h4-7,9-10,12-13,23H,8,11,14H2,1-3H3. The third kappa shape index (κ3) is 4.26. The van der Waals surface area contributed by atoms with Crippen LogP contribution in [0.15, 0.2) is 69.7 Å². The van der Waals surface area contributed by atoms with Crippen molar-refractivity contribution < 1.29 is 0 Å². The molecule has 0 bridgehead atoms. The maximum Gasteiger partial charge on any atom is 0.132 e. The first-order chi connectivity index (χ1) is 13.0. The molecule has 1 aromatic carbocycles. The molecule has 0 amide bonds. The highest BCUT2D eigenvalue weighted by molar-refractivity contribution is 7.98. The average molecular weight is 373 g/mol. The van der Waals surface area contributed by atoms with Crippen molar-refractivity contribution in [2.24, 2.45) is 11.3 Å². The highest BCUT2D eigenvalue weighted by Gasteiger charge is 2.37. The molecule has 1 aromatic rings. The minimum Gasteiger partial charge on any atom is -0.192 e. The first-order valence-electron chi connectivity index (χ1n) is 9.24. The normalized spacial score (nSPS) is 20.9. The monoisotopic (exact) mass is 372 g/mol. The van der Waals surface area contributed by atoms with E-state index in [1.807, 2.05) is 0 Å². The fourth-order valence-electron chi connectivity index (χ4n) is 4.09. The Morgan fingerprint density at radius 1 is 1.11 bits per heavy atom. The predicted molar refractivity (Wildman–Crippen MR) is 113 cm³/mol. The molecule has 0 aliphatic heterocycles. The van der Waals surface area contributed by atoms with E-state index in [-0.39, 0.29) is 11.0 Å². The molecular formula is C24H24N2S. The Balaban J connectivity index is 1.90. The van der Waals surface area contributed by atoms with Crippen molar-refractivity contribution in [3.05, 3.63) is 70.3 Å². The minimum atomic E-state index is 0.0672. The summed E-state index contributed by atoms with van der Waals surface area (Å²) >= 11 is 1.75. The van der Waals surface area contributed by atoms with Gasteiger partial charge in [-0.25, -0.2) is 0 Å². The van der Waals surface area contributed by atoms with E-state index in [0.717, 1.165) is 24.8 Å². The minimum absolute atomic E-state index is 0.0672. The maximum atomic E-state index is 9.26. The Bertz CT molecular complexity index is 912. The first kappa shape index (κ1) is 19.3. The molecule has 0 spiro atoms. The van der Waals surface area contributed by atoms with Crippen molar-refractivity contribution in [1.29, 1.82) is 10.5 Å². The van der Waals surface area contributed by atoms with E-state index in [9.17, 15) is 10.5 Å². The Hall–Kier alpha value is -2.49. The Labute approximate surface area is 166 Å². The summed E-state index contributed by atoms with van der Waals surface area (Å²) in [5.74, 6) is 0.484. The molecule has 2 aliphatic carbocycles. The van der Waals surface area contributed by atoms with E-state index in [4.69, 9.17) is 0 Å². The third-order valence-corrected chi connectivity index (χ3v) is 6.30. The van der Waals surface area contributed by atoms with E-state index >= 15 is 0 Å². The summed E-state index contributed by atoms with van der Waals surface area (Å²) in [7, 11) is 0. The quantitative estimate of drug-likeness (QED) is 0.452. The molecule has 3 heteroatoms. The summed E-state index contributed by atoms with van der Waals surface area (Å²) in [4.78, 5) is 1.27. The van der Waals surface area contributed by atoms with Gasteiger partial charge in [-0.1, -0.05) is 50.3 Å². The molecule has 0 N–H and O–H groups in total. The number of rotatable bonds is 3. The molecular weight excluding hydrogens is 348 g/mol. The van der Waals surface area contributed by atoms with Crippen LogP contribution in [0, 0.1) is 34.0 Å². The second-order valence-electron chi connectivity index (χ2n) is 7.85. The molecule has 2 aliphatic rings. The molecule has 3 rings (SSSR count). The lowest BCUT2D eigenvalue weighted by atomic mass is 9.62. The van der Waals surface area contributed by atoms with Gasteiger partial charge < -0.3 is 0 Å². The number of hydrogen-bond donors (Lipinski definition) is 0. The first-order valence-corrected chi connectivity index (χ1v) is 10.5. The average Bonchev–Trinajstić information content (AvgIpc) is 2.67. The van der Waals surface area contributed by atoms with Crippen LogP contribution in [-0.4, -0.2) is 6.26 Å². The molecule has 0 saturated carbocycles. The molecule has 0 radical (unpaired) electrons. The molecule has 1 atom stereocenters. The third-order valence-electron chi connectivity index (χ3n) is 5.56.